The second-order valence-electron chi connectivity index (χ2n) is 38.4. The Morgan fingerprint density at radius 3 is 0.681 bits per heavy atom. The highest BCUT2D eigenvalue weighted by Gasteiger charge is 2.57. The molecule has 22 heteroatoms. The second kappa shape index (κ2) is 31.8. The van der Waals surface area contributed by atoms with Crippen molar-refractivity contribution >= 4 is 64.7 Å². The monoisotopic (exact) mass is 1660 g/mol. The van der Waals surface area contributed by atoms with Gasteiger partial charge in [0.05, 0.1) is 37.2 Å². The molecule has 0 radical (unpaired) electrons. The van der Waals surface area contributed by atoms with Gasteiger partial charge in [0.15, 0.2) is 0 Å². The summed E-state index contributed by atoms with van der Waals surface area (Å²) < 4.78 is 128. The minimum atomic E-state index is -5.08. The Morgan fingerprint density at radius 1 is 0.284 bits per heavy atom. The Labute approximate surface area is 688 Å². The van der Waals surface area contributed by atoms with E-state index in [1.807, 2.05) is 12.1 Å². The zero-order chi connectivity index (χ0) is 80.0. The van der Waals surface area contributed by atoms with Crippen molar-refractivity contribution in [1.82, 2.24) is 0 Å². The molecule has 0 aromatic heterocycles. The number of ether oxygens (including phenoxy) is 8. The molecule has 0 atom stereocenters. The lowest BCUT2D eigenvalue weighted by atomic mass is 9.49. The van der Waals surface area contributed by atoms with Crippen molar-refractivity contribution in [3.63, 3.8) is 0 Å². The third-order valence-corrected chi connectivity index (χ3v) is 40.9. The molecule has 22 rings (SSSR count). The quantitative estimate of drug-likeness (QED) is 0.0212. The summed E-state index contributed by atoms with van der Waals surface area (Å²) in [6.45, 7) is 5.56. The van der Waals surface area contributed by atoms with Crippen LogP contribution in [0.3, 0.4) is 0 Å². The van der Waals surface area contributed by atoms with Gasteiger partial charge >= 0.3 is 23.9 Å². The van der Waals surface area contributed by atoms with E-state index in [1.54, 1.807) is 149 Å². The van der Waals surface area contributed by atoms with Gasteiger partial charge in [-0.2, -0.15) is 16.8 Å². The summed E-state index contributed by atoms with van der Waals surface area (Å²) in [6.07, 6.45) is 28.7. The molecule has 6 aromatic rings. The first-order chi connectivity index (χ1) is 55.8. The van der Waals surface area contributed by atoms with Gasteiger partial charge in [-0.05, 0) is 368 Å². The van der Waals surface area contributed by atoms with E-state index in [9.17, 15) is 19.2 Å². The Balaban J connectivity index is 0.656. The number of rotatable bonds is 33. The average Bonchev–Trinajstić information content (AvgIpc) is 0.735. The molecule has 0 aliphatic heterocycles. The predicted molar refractivity (Wildman–Crippen MR) is 439 cm³/mol. The number of esters is 4. The van der Waals surface area contributed by atoms with Crippen LogP contribution in [0.4, 0.5) is 0 Å². The standard InChI is InChI=1S/C94H114O18S4/c1-61-79(103-57-107-87(95)53-91-41-65-29-66(42-91)31-67(30-65)43-91)19-11-23-83(61)115(77-15-7-5-8-16-77,84-24-12-20-80(62(84)2)104-58-108-88(96)54-92-44-68-32-69(45-92)34-70(33-68)46-92)111-113(99,100)27-28-114(101,102)112-116(78-17-9-6-10-18-78,85-25-13-21-81(63(85)3)105-59-109-89(97)55-93-47-71-35-72(48-93)37-73(36-71)49-93)86-26-14-22-82(64(86)4)106-60-110-90(98)56-94-50-74-38-75(51-94)40-76(39-74)52-94/h5-26,65-76H,27-60H2,1-4H3. The molecular weight excluding hydrogens is 1550 g/mol. The van der Waals surface area contributed by atoms with Crippen LogP contribution in [0, 0.1) is 120 Å². The molecule has 16 fully saturated rings. The molecule has 116 heavy (non-hydrogen) atoms. The van der Waals surface area contributed by atoms with E-state index in [2.05, 4.69) is 0 Å². The molecule has 0 unspecified atom stereocenters. The maximum Gasteiger partial charge on any atom is 0.309 e. The topological polar surface area (TPSA) is 229 Å². The average molecular weight is 1660 g/mol. The Morgan fingerprint density at radius 2 is 0.483 bits per heavy atom. The normalized spacial score (nSPS) is 32.1. The van der Waals surface area contributed by atoms with Crippen LogP contribution in [0.2, 0.25) is 0 Å². The van der Waals surface area contributed by atoms with Gasteiger partial charge in [-0.1, -0.05) is 60.7 Å². The van der Waals surface area contributed by atoms with Crippen molar-refractivity contribution in [2.45, 2.75) is 237 Å². The number of carbonyl (C=O) groups excluding carboxylic acids is 4. The van der Waals surface area contributed by atoms with E-state index >= 15 is 16.8 Å². The predicted octanol–water partition coefficient (Wildman–Crippen LogP) is 20.7. The van der Waals surface area contributed by atoms with Crippen molar-refractivity contribution in [1.29, 1.82) is 0 Å². The molecule has 16 aliphatic carbocycles. The highest BCUT2D eigenvalue weighted by Crippen LogP contribution is 2.75. The van der Waals surface area contributed by atoms with E-state index in [0.717, 1.165) is 77.0 Å². The summed E-state index contributed by atoms with van der Waals surface area (Å²) in [4.78, 5) is 58.0. The molecule has 6 aromatic carbocycles. The SMILES string of the molecule is Cc1c(OCOC(=O)CC23CC4CC(CC(C4)C2)C3)cccc1S(OS(=O)(=O)CCS(=O)(=O)OS(c1ccccc1)(c1cccc(OCOC(=O)CC23CC4CC(CC(C4)C2)C3)c1C)c1cccc(OCOC(=O)CC23CC4CC(CC(C4)C2)C3)c1C)(c1ccccc1)c1cccc(OCOC(=O)CC23CC4CC(CC(C4)C2)C3)c1C. The van der Waals surface area contributed by atoms with Gasteiger partial charge in [0, 0.05) is 51.6 Å². The van der Waals surface area contributed by atoms with Crippen LogP contribution in [-0.2, 0) is 65.6 Å². The smallest absolute Gasteiger partial charge is 0.309 e. The van der Waals surface area contributed by atoms with Crippen LogP contribution in [-0.4, -0.2) is 79.4 Å². The first kappa shape index (κ1) is 80.0. The number of hydrogen-bond acceptors (Lipinski definition) is 18. The minimum Gasteiger partial charge on any atom is -0.457 e. The lowest BCUT2D eigenvalue weighted by Gasteiger charge is -2.56. The van der Waals surface area contributed by atoms with Crippen LogP contribution < -0.4 is 18.9 Å². The van der Waals surface area contributed by atoms with E-state index in [0.29, 0.717) is 171 Å². The maximum atomic E-state index is 16.1. The Hall–Kier alpha value is -7.08. The molecule has 16 bridgehead atoms. The molecule has 622 valence electrons. The zero-order valence-electron chi connectivity index (χ0n) is 67.7. The molecule has 16 aliphatic rings. The van der Waals surface area contributed by atoms with Crippen LogP contribution in [0.1, 0.15) is 202 Å². The van der Waals surface area contributed by atoms with E-state index < -0.39 is 79.5 Å². The van der Waals surface area contributed by atoms with E-state index in [-0.39, 0.29) is 45.5 Å². The van der Waals surface area contributed by atoms with Gasteiger partial charge < -0.3 is 37.9 Å². The molecule has 18 nitrogen and oxygen atoms in total. The molecule has 0 saturated heterocycles. The summed E-state index contributed by atoms with van der Waals surface area (Å²) in [5, 5.41) is 0. The zero-order valence-corrected chi connectivity index (χ0v) is 70.9. The van der Waals surface area contributed by atoms with Gasteiger partial charge in [-0.25, -0.2) is 7.26 Å². The van der Waals surface area contributed by atoms with E-state index in [4.69, 9.17) is 45.2 Å². The minimum absolute atomic E-state index is 0.0626. The molecule has 16 saturated carbocycles. The van der Waals surface area contributed by atoms with Gasteiger partial charge in [0.1, 0.15) is 23.0 Å². The second-order valence-corrected chi connectivity index (χ2v) is 47.5. The highest BCUT2D eigenvalue weighted by atomic mass is 32.3. The van der Waals surface area contributed by atoms with Crippen molar-refractivity contribution in [2.75, 3.05) is 38.7 Å². The first-order valence-corrected chi connectivity index (χ1v) is 49.2. The third-order valence-electron chi connectivity index (χ3n) is 29.8. The molecular formula is C94H114O18S4. The summed E-state index contributed by atoms with van der Waals surface area (Å²) in [5.41, 5.74) is 1.60. The molecule has 0 amide bonds. The van der Waals surface area contributed by atoms with Crippen LogP contribution in [0.5, 0.6) is 23.0 Å². The Bertz CT molecular complexity index is 4270. The van der Waals surface area contributed by atoms with Crippen LogP contribution in [0.15, 0.2) is 163 Å². The van der Waals surface area contributed by atoms with Crippen LogP contribution in [0.25, 0.3) is 0 Å². The third kappa shape index (κ3) is 16.2. The van der Waals surface area contributed by atoms with Crippen LogP contribution >= 0.6 is 20.6 Å². The Kier molecular flexibility index (Phi) is 21.9. The fourth-order valence-electron chi connectivity index (χ4n) is 27.1. The fourth-order valence-corrected chi connectivity index (χ4v) is 39.4. The van der Waals surface area contributed by atoms with Gasteiger partial charge in [-0.3, -0.25) is 19.2 Å². The number of carbonyl (C=O) groups is 4. The molecule has 0 spiro atoms. The largest absolute Gasteiger partial charge is 0.457 e. The van der Waals surface area contributed by atoms with Gasteiger partial charge in [0.25, 0.3) is 20.2 Å². The number of benzene rings is 6. The van der Waals surface area contributed by atoms with Gasteiger partial charge in [-0.15, -0.1) is 0 Å². The lowest BCUT2D eigenvalue weighted by Crippen LogP contribution is -2.47. The molecule has 0 heterocycles. The van der Waals surface area contributed by atoms with Gasteiger partial charge in [0.2, 0.25) is 27.2 Å². The fraction of sp³-hybridized carbons (Fsp3) is 0.574. The summed E-state index contributed by atoms with van der Waals surface area (Å²) >= 11 is 0. The first-order valence-electron chi connectivity index (χ1n) is 43.0. The van der Waals surface area contributed by atoms with Crippen molar-refractivity contribution in [3.8, 4) is 23.0 Å². The van der Waals surface area contributed by atoms with E-state index in [1.165, 1.54) is 77.0 Å². The number of hydrogen-bond donors (Lipinski definition) is 0. The maximum absolute atomic E-state index is 16.1. The summed E-state index contributed by atoms with van der Waals surface area (Å²) in [5.74, 6) is 5.47. The van der Waals surface area contributed by atoms with Crippen molar-refractivity contribution < 1.29 is 81.2 Å². The molecule has 0 N–H and O–H groups in total. The summed E-state index contributed by atoms with van der Waals surface area (Å²) in [6, 6.07) is 38.8. The van der Waals surface area contributed by atoms with Crippen molar-refractivity contribution in [3.05, 3.63) is 156 Å². The summed E-state index contributed by atoms with van der Waals surface area (Å²) in [7, 11) is -17.4. The lowest BCUT2D eigenvalue weighted by molar-refractivity contribution is -0.159. The highest BCUT2D eigenvalue weighted by molar-refractivity contribution is 8.34. The van der Waals surface area contributed by atoms with Crippen molar-refractivity contribution in [2.24, 2.45) is 92.7 Å².